The average molecular weight is 457 g/mol. The summed E-state index contributed by atoms with van der Waals surface area (Å²) < 4.78 is 33.6. The first-order valence-electron chi connectivity index (χ1n) is 10.2. The summed E-state index contributed by atoms with van der Waals surface area (Å²) in [6, 6.07) is 25.1. The summed E-state index contributed by atoms with van der Waals surface area (Å²) in [4.78, 5) is 8.80. The summed E-state index contributed by atoms with van der Waals surface area (Å²) in [5.41, 5.74) is 3.67. The molecule has 3 aromatic carbocycles. The van der Waals surface area contributed by atoms with E-state index in [1.807, 2.05) is 37.3 Å². The Morgan fingerprint density at radius 1 is 0.818 bits per heavy atom. The largest absolute Gasteiger partial charge is 0.454 e. The van der Waals surface area contributed by atoms with E-state index in [4.69, 9.17) is 4.42 Å². The number of hydrogen-bond acceptors (Lipinski definition) is 6. The van der Waals surface area contributed by atoms with Crippen molar-refractivity contribution in [3.63, 3.8) is 0 Å². The number of nitrogens with zero attached hydrogens (tertiary/aromatic N) is 2. The molecule has 2 N–H and O–H groups in total. The third kappa shape index (κ3) is 4.56. The minimum absolute atomic E-state index is 0.217. The number of sulfonamides is 1. The van der Waals surface area contributed by atoms with E-state index in [0.717, 1.165) is 22.2 Å². The van der Waals surface area contributed by atoms with Crippen molar-refractivity contribution in [2.75, 3.05) is 10.0 Å². The summed E-state index contributed by atoms with van der Waals surface area (Å²) in [5, 5.41) is 4.21. The highest BCUT2D eigenvalue weighted by Crippen LogP contribution is 2.28. The third-order valence-electron chi connectivity index (χ3n) is 5.09. The van der Waals surface area contributed by atoms with Gasteiger partial charge in [-0.3, -0.25) is 4.72 Å². The van der Waals surface area contributed by atoms with Gasteiger partial charge in [0.05, 0.1) is 4.90 Å². The van der Waals surface area contributed by atoms with Crippen LogP contribution < -0.4 is 10.0 Å². The van der Waals surface area contributed by atoms with Crippen LogP contribution in [0.25, 0.3) is 22.4 Å². The van der Waals surface area contributed by atoms with Gasteiger partial charge in [-0.05, 0) is 55.5 Å². The molecular weight excluding hydrogens is 436 g/mol. The normalized spacial score (nSPS) is 11.4. The Hall–Kier alpha value is -4.17. The second-order valence-electron chi connectivity index (χ2n) is 7.56. The van der Waals surface area contributed by atoms with Crippen molar-refractivity contribution in [3.05, 3.63) is 96.8 Å². The number of nitrogens with one attached hydrogen (secondary N) is 2. The number of furan rings is 1. The molecule has 0 fully saturated rings. The van der Waals surface area contributed by atoms with Crippen LogP contribution in [0.2, 0.25) is 0 Å². The molecule has 0 aliphatic rings. The van der Waals surface area contributed by atoms with E-state index in [9.17, 15) is 8.42 Å². The molecule has 5 rings (SSSR count). The van der Waals surface area contributed by atoms with Crippen LogP contribution in [0.3, 0.4) is 0 Å². The van der Waals surface area contributed by atoms with Crippen LogP contribution in [0.5, 0.6) is 0 Å². The fourth-order valence-electron chi connectivity index (χ4n) is 3.37. The molecule has 0 unspecified atom stereocenters. The van der Waals surface area contributed by atoms with Gasteiger partial charge in [-0.1, -0.05) is 35.9 Å². The van der Waals surface area contributed by atoms with Gasteiger partial charge in [-0.2, -0.15) is 0 Å². The van der Waals surface area contributed by atoms with E-state index in [1.54, 1.807) is 54.6 Å². The van der Waals surface area contributed by atoms with E-state index >= 15 is 0 Å². The first kappa shape index (κ1) is 20.7. The second kappa shape index (κ2) is 8.40. The molecule has 0 amide bonds. The molecule has 2 heterocycles. The quantitative estimate of drug-likeness (QED) is 0.338. The molecule has 0 bridgehead atoms. The van der Waals surface area contributed by atoms with Gasteiger partial charge in [0.15, 0.2) is 5.76 Å². The fraction of sp³-hybridized carbons (Fsp3) is 0.0400. The maximum atomic E-state index is 12.6. The number of benzene rings is 3. The van der Waals surface area contributed by atoms with Gasteiger partial charge in [-0.15, -0.1) is 0 Å². The number of hydrogen-bond donors (Lipinski definition) is 2. The summed E-state index contributed by atoms with van der Waals surface area (Å²) in [7, 11) is -3.65. The highest BCUT2D eigenvalue weighted by Gasteiger charge is 2.14. The van der Waals surface area contributed by atoms with Gasteiger partial charge in [0, 0.05) is 22.8 Å². The molecule has 0 spiro atoms. The highest BCUT2D eigenvalue weighted by atomic mass is 32.2. The lowest BCUT2D eigenvalue weighted by atomic mass is 10.2. The second-order valence-corrected chi connectivity index (χ2v) is 9.24. The summed E-state index contributed by atoms with van der Waals surface area (Å²) in [6.45, 7) is 1.91. The molecule has 0 aliphatic heterocycles. The molecule has 0 atom stereocenters. The average Bonchev–Trinajstić information content (AvgIpc) is 3.25. The molecule has 33 heavy (non-hydrogen) atoms. The van der Waals surface area contributed by atoms with Crippen molar-refractivity contribution in [1.82, 2.24) is 9.97 Å². The first-order valence-corrected chi connectivity index (χ1v) is 11.7. The lowest BCUT2D eigenvalue weighted by Gasteiger charge is -2.10. The highest BCUT2D eigenvalue weighted by molar-refractivity contribution is 7.92. The van der Waals surface area contributed by atoms with Crippen molar-refractivity contribution in [2.45, 2.75) is 11.8 Å². The third-order valence-corrected chi connectivity index (χ3v) is 6.48. The van der Waals surface area contributed by atoms with Crippen LogP contribution in [0, 0.1) is 6.92 Å². The molecule has 5 aromatic rings. The maximum Gasteiger partial charge on any atom is 0.261 e. The number of aryl methyl sites for hydroxylation is 1. The number of para-hydroxylation sites is 1. The molecule has 8 heteroatoms. The molecule has 0 saturated heterocycles. The van der Waals surface area contributed by atoms with E-state index in [2.05, 4.69) is 20.0 Å². The van der Waals surface area contributed by atoms with Crippen LogP contribution in [0.15, 0.2) is 101 Å². The number of rotatable bonds is 6. The molecule has 164 valence electrons. The predicted octanol–water partition coefficient (Wildman–Crippen LogP) is 5.74. The SMILES string of the molecule is Cc1ccc(S(=O)(=O)Nc2ccc(Nc3cc(-c4cc5ccccc5o4)ncn3)cc2)cc1. The van der Waals surface area contributed by atoms with Crippen molar-refractivity contribution in [3.8, 4) is 11.5 Å². The van der Waals surface area contributed by atoms with Gasteiger partial charge in [0.1, 0.15) is 23.4 Å². The Morgan fingerprint density at radius 3 is 2.30 bits per heavy atom. The summed E-state index contributed by atoms with van der Waals surface area (Å²) in [6.07, 6.45) is 1.47. The van der Waals surface area contributed by atoms with Gasteiger partial charge in [0.25, 0.3) is 10.0 Å². The van der Waals surface area contributed by atoms with E-state index in [0.29, 0.717) is 23.0 Å². The molecule has 0 saturated carbocycles. The topological polar surface area (TPSA) is 97.1 Å². The minimum atomic E-state index is -3.65. The van der Waals surface area contributed by atoms with E-state index in [-0.39, 0.29) is 4.90 Å². The lowest BCUT2D eigenvalue weighted by Crippen LogP contribution is -2.12. The Labute approximate surface area is 191 Å². The minimum Gasteiger partial charge on any atom is -0.454 e. The Kier molecular flexibility index (Phi) is 5.27. The van der Waals surface area contributed by atoms with Crippen molar-refractivity contribution < 1.29 is 12.8 Å². The van der Waals surface area contributed by atoms with Crippen molar-refractivity contribution in [1.29, 1.82) is 0 Å². The van der Waals surface area contributed by atoms with Crippen molar-refractivity contribution >= 4 is 38.2 Å². The van der Waals surface area contributed by atoms with Gasteiger partial charge in [-0.25, -0.2) is 18.4 Å². The Bertz CT molecular complexity index is 1490. The number of fused-ring (bicyclic) bond motifs is 1. The molecule has 7 nitrogen and oxygen atoms in total. The molecule has 2 aromatic heterocycles. The van der Waals surface area contributed by atoms with Crippen LogP contribution in [0.1, 0.15) is 5.56 Å². The Balaban J connectivity index is 1.31. The molecular formula is C25H20N4O3S. The smallest absolute Gasteiger partial charge is 0.261 e. The number of aromatic nitrogens is 2. The van der Waals surface area contributed by atoms with Crippen LogP contribution >= 0.6 is 0 Å². The summed E-state index contributed by atoms with van der Waals surface area (Å²) >= 11 is 0. The van der Waals surface area contributed by atoms with E-state index in [1.165, 1.54) is 6.33 Å². The zero-order valence-electron chi connectivity index (χ0n) is 17.7. The van der Waals surface area contributed by atoms with Gasteiger partial charge in [0.2, 0.25) is 0 Å². The zero-order valence-corrected chi connectivity index (χ0v) is 18.5. The fourth-order valence-corrected chi connectivity index (χ4v) is 4.43. The van der Waals surface area contributed by atoms with Crippen LogP contribution in [-0.2, 0) is 10.0 Å². The predicted molar refractivity (Wildman–Crippen MR) is 129 cm³/mol. The Morgan fingerprint density at radius 2 is 1.55 bits per heavy atom. The lowest BCUT2D eigenvalue weighted by molar-refractivity contribution is 0.601. The standard InChI is InChI=1S/C25H20N4O3S/c1-17-6-12-21(13-7-17)33(30,31)29-20-10-8-19(9-11-20)28-25-15-22(26-16-27-25)24-14-18-4-2-3-5-23(18)32-24/h2-16,29H,1H3,(H,26,27,28). The van der Waals surface area contributed by atoms with Crippen LogP contribution in [0.4, 0.5) is 17.2 Å². The molecule has 0 radical (unpaired) electrons. The maximum absolute atomic E-state index is 12.6. The molecule has 0 aliphatic carbocycles. The number of anilines is 3. The van der Waals surface area contributed by atoms with Gasteiger partial charge < -0.3 is 9.73 Å². The zero-order chi connectivity index (χ0) is 22.8. The van der Waals surface area contributed by atoms with Crippen molar-refractivity contribution in [2.24, 2.45) is 0 Å². The van der Waals surface area contributed by atoms with Gasteiger partial charge >= 0.3 is 0 Å². The monoisotopic (exact) mass is 456 g/mol. The van der Waals surface area contributed by atoms with E-state index < -0.39 is 10.0 Å². The van der Waals surface area contributed by atoms with Crippen LogP contribution in [-0.4, -0.2) is 18.4 Å². The first-order chi connectivity index (χ1) is 16.0. The summed E-state index contributed by atoms with van der Waals surface area (Å²) in [5.74, 6) is 1.25.